The van der Waals surface area contributed by atoms with Crippen LogP contribution in [0.25, 0.3) is 10.9 Å². The van der Waals surface area contributed by atoms with E-state index in [0.29, 0.717) is 17.8 Å². The van der Waals surface area contributed by atoms with Gasteiger partial charge in [-0.05, 0) is 42.7 Å². The summed E-state index contributed by atoms with van der Waals surface area (Å²) in [6.07, 6.45) is -3.10. The molecule has 36 heavy (non-hydrogen) atoms. The van der Waals surface area contributed by atoms with Gasteiger partial charge >= 0.3 is 6.29 Å². The minimum atomic E-state index is -3.68. The molecule has 1 aliphatic heterocycles. The Hall–Kier alpha value is -2.95. The lowest BCUT2D eigenvalue weighted by Gasteiger charge is -2.25. The zero-order valence-electron chi connectivity index (χ0n) is 20.0. The first kappa shape index (κ1) is 24.7. The third-order valence-corrected chi connectivity index (χ3v) is 7.17. The molecular formula is C26H29F3N2O5. The van der Waals surface area contributed by atoms with Gasteiger partial charge in [0, 0.05) is 34.5 Å². The van der Waals surface area contributed by atoms with E-state index in [9.17, 15) is 24.1 Å². The molecule has 1 aromatic heterocycles. The molecule has 1 atom stereocenters. The fourth-order valence-corrected chi connectivity index (χ4v) is 4.79. The average Bonchev–Trinajstić information content (AvgIpc) is 3.45. The molecule has 0 unspecified atom stereocenters. The van der Waals surface area contributed by atoms with E-state index in [1.54, 1.807) is 22.8 Å². The Morgan fingerprint density at radius 1 is 1.08 bits per heavy atom. The summed E-state index contributed by atoms with van der Waals surface area (Å²) in [5.74, 6) is -0.516. The summed E-state index contributed by atoms with van der Waals surface area (Å²) in [6.45, 7) is 3.53. The van der Waals surface area contributed by atoms with Gasteiger partial charge in [-0.1, -0.05) is 19.9 Å². The highest BCUT2D eigenvalue weighted by Crippen LogP contribution is 2.51. The van der Waals surface area contributed by atoms with Crippen molar-refractivity contribution in [2.24, 2.45) is 0 Å². The van der Waals surface area contributed by atoms with Crippen LogP contribution < -0.4 is 14.8 Å². The number of benzene rings is 2. The lowest BCUT2D eigenvalue weighted by Crippen LogP contribution is -2.29. The number of rotatable bonds is 9. The van der Waals surface area contributed by atoms with Crippen LogP contribution in [-0.2, 0) is 17.4 Å². The topological polar surface area (TPSA) is 96.1 Å². The Morgan fingerprint density at radius 3 is 2.47 bits per heavy atom. The number of hydrogen-bond donors (Lipinski definition) is 4. The van der Waals surface area contributed by atoms with Gasteiger partial charge in [-0.2, -0.15) is 0 Å². The number of ether oxygens (including phenoxy) is 2. The summed E-state index contributed by atoms with van der Waals surface area (Å²) in [6, 6.07) is 9.66. The standard InChI is InChI=1S/C26H29F3N2O5/c1-24(2,14-33)23-8-15-7-19(18(27)10-20(15)31(23)11-17(34)12-32)30-13-25(5-6-25)16-3-4-21-22(9-16)36-26(28,29)35-21/h3-4,7-10,17,30,32-34H,5-6,11-14H2,1-2H3/t17-/m1/s1. The van der Waals surface area contributed by atoms with Crippen molar-refractivity contribution in [1.29, 1.82) is 0 Å². The molecule has 4 N–H and O–H groups in total. The number of halogens is 3. The van der Waals surface area contributed by atoms with Crippen LogP contribution in [0.5, 0.6) is 11.5 Å². The largest absolute Gasteiger partial charge is 0.586 e. The summed E-state index contributed by atoms with van der Waals surface area (Å²) in [4.78, 5) is 0. The van der Waals surface area contributed by atoms with Crippen LogP contribution in [-0.4, -0.2) is 52.0 Å². The zero-order chi connectivity index (χ0) is 25.9. The van der Waals surface area contributed by atoms with Crippen molar-refractivity contribution in [3.63, 3.8) is 0 Å². The second kappa shape index (κ2) is 8.57. The second-order valence-electron chi connectivity index (χ2n) is 10.4. The Balaban J connectivity index is 1.42. The van der Waals surface area contributed by atoms with Crippen LogP contribution in [0, 0.1) is 5.82 Å². The molecule has 0 bridgehead atoms. The maximum absolute atomic E-state index is 15.2. The van der Waals surface area contributed by atoms with Crippen molar-refractivity contribution < 1.29 is 38.0 Å². The molecule has 1 fully saturated rings. The monoisotopic (exact) mass is 506 g/mol. The molecule has 0 amide bonds. The molecule has 10 heteroatoms. The Kier molecular flexibility index (Phi) is 5.89. The molecule has 2 aliphatic rings. The molecular weight excluding hydrogens is 477 g/mol. The highest BCUT2D eigenvalue weighted by Gasteiger charge is 2.47. The molecule has 0 spiro atoms. The number of aliphatic hydroxyl groups excluding tert-OH is 3. The van der Waals surface area contributed by atoms with Crippen LogP contribution in [0.4, 0.5) is 18.9 Å². The minimum absolute atomic E-state index is 0.0122. The minimum Gasteiger partial charge on any atom is -0.395 e. The fourth-order valence-electron chi connectivity index (χ4n) is 4.79. The van der Waals surface area contributed by atoms with E-state index in [1.807, 2.05) is 19.9 Å². The zero-order valence-corrected chi connectivity index (χ0v) is 20.0. The van der Waals surface area contributed by atoms with Crippen LogP contribution in [0.15, 0.2) is 36.4 Å². The number of alkyl halides is 2. The van der Waals surface area contributed by atoms with Gasteiger partial charge < -0.3 is 34.7 Å². The van der Waals surface area contributed by atoms with Crippen LogP contribution >= 0.6 is 0 Å². The number of anilines is 1. The van der Waals surface area contributed by atoms with Crippen LogP contribution in [0.1, 0.15) is 37.9 Å². The smallest absolute Gasteiger partial charge is 0.395 e. The molecule has 2 heterocycles. The number of aliphatic hydroxyl groups is 3. The first-order valence-electron chi connectivity index (χ1n) is 11.8. The summed E-state index contributed by atoms with van der Waals surface area (Å²) in [5, 5.41) is 33.2. The van der Waals surface area contributed by atoms with Gasteiger partial charge in [0.05, 0.1) is 37.1 Å². The van der Waals surface area contributed by atoms with E-state index in [4.69, 9.17) is 0 Å². The van der Waals surface area contributed by atoms with E-state index in [1.165, 1.54) is 12.1 Å². The van der Waals surface area contributed by atoms with Crippen LogP contribution in [0.3, 0.4) is 0 Å². The van der Waals surface area contributed by atoms with E-state index in [0.717, 1.165) is 23.8 Å². The van der Waals surface area contributed by atoms with Crippen molar-refractivity contribution in [2.75, 3.05) is 25.1 Å². The van der Waals surface area contributed by atoms with E-state index < -0.39 is 30.2 Å². The molecule has 1 aliphatic carbocycles. The normalized spacial score (nSPS) is 18.4. The second-order valence-corrected chi connectivity index (χ2v) is 10.4. The summed E-state index contributed by atoms with van der Waals surface area (Å²) in [5.41, 5.74) is 1.35. The predicted molar refractivity (Wildman–Crippen MR) is 127 cm³/mol. The number of fused-ring (bicyclic) bond motifs is 2. The lowest BCUT2D eigenvalue weighted by atomic mass is 9.90. The first-order chi connectivity index (χ1) is 17.0. The quantitative estimate of drug-likeness (QED) is 0.352. The summed E-state index contributed by atoms with van der Waals surface area (Å²) in [7, 11) is 0. The highest BCUT2D eigenvalue weighted by atomic mass is 19.3. The van der Waals surface area contributed by atoms with Crippen molar-refractivity contribution in [3.8, 4) is 11.5 Å². The Labute approximate surface area is 206 Å². The molecule has 0 saturated heterocycles. The maximum Gasteiger partial charge on any atom is 0.586 e. The fraction of sp³-hybridized carbons (Fsp3) is 0.462. The van der Waals surface area contributed by atoms with Gasteiger partial charge in [0.15, 0.2) is 11.5 Å². The summed E-state index contributed by atoms with van der Waals surface area (Å²) >= 11 is 0. The van der Waals surface area contributed by atoms with Crippen molar-refractivity contribution in [2.45, 2.75) is 56.5 Å². The number of hydrogen-bond acceptors (Lipinski definition) is 6. The van der Waals surface area contributed by atoms with E-state index in [2.05, 4.69) is 14.8 Å². The van der Waals surface area contributed by atoms with E-state index >= 15 is 4.39 Å². The molecule has 194 valence electrons. The van der Waals surface area contributed by atoms with Gasteiger partial charge in [-0.15, -0.1) is 8.78 Å². The predicted octanol–water partition coefficient (Wildman–Crippen LogP) is 3.87. The van der Waals surface area contributed by atoms with E-state index in [-0.39, 0.29) is 35.8 Å². The molecule has 2 aromatic carbocycles. The van der Waals surface area contributed by atoms with Crippen molar-refractivity contribution in [3.05, 3.63) is 53.5 Å². The molecule has 0 radical (unpaired) electrons. The SMILES string of the molecule is CC(C)(CO)c1cc2cc(NCC3(c4ccc5c(c4)OC(F)(F)O5)CC3)c(F)cc2n1C[C@@H](O)CO. The highest BCUT2D eigenvalue weighted by molar-refractivity contribution is 5.85. The van der Waals surface area contributed by atoms with Crippen molar-refractivity contribution >= 4 is 16.6 Å². The molecule has 3 aromatic rings. The maximum atomic E-state index is 15.2. The van der Waals surface area contributed by atoms with Gasteiger partial charge in [-0.25, -0.2) is 4.39 Å². The lowest BCUT2D eigenvalue weighted by molar-refractivity contribution is -0.286. The molecule has 1 saturated carbocycles. The molecule has 5 rings (SSSR count). The number of nitrogens with one attached hydrogen (secondary N) is 1. The Morgan fingerprint density at radius 2 is 1.81 bits per heavy atom. The first-order valence-corrected chi connectivity index (χ1v) is 11.8. The summed E-state index contributed by atoms with van der Waals surface area (Å²) < 4.78 is 52.8. The van der Waals surface area contributed by atoms with Crippen molar-refractivity contribution in [1.82, 2.24) is 4.57 Å². The van der Waals surface area contributed by atoms with Gasteiger partial charge in [0.1, 0.15) is 5.82 Å². The number of aromatic nitrogens is 1. The average molecular weight is 507 g/mol. The van der Waals surface area contributed by atoms with Gasteiger partial charge in [-0.3, -0.25) is 0 Å². The Bertz CT molecular complexity index is 1300. The molecule has 7 nitrogen and oxygen atoms in total. The van der Waals surface area contributed by atoms with Gasteiger partial charge in [0.2, 0.25) is 0 Å². The number of nitrogens with zero attached hydrogens (tertiary/aromatic N) is 1. The van der Waals surface area contributed by atoms with Crippen LogP contribution in [0.2, 0.25) is 0 Å². The third kappa shape index (κ3) is 4.38. The van der Waals surface area contributed by atoms with Gasteiger partial charge in [0.25, 0.3) is 0 Å². The third-order valence-electron chi connectivity index (χ3n) is 7.17.